The lowest BCUT2D eigenvalue weighted by Crippen LogP contribution is -2.27. The first-order valence-corrected chi connectivity index (χ1v) is 4.35. The lowest BCUT2D eigenvalue weighted by atomic mass is 10.2. The average molecular weight is 203 g/mol. The van der Waals surface area contributed by atoms with Gasteiger partial charge in [0.25, 0.3) is 0 Å². The number of pyridine rings is 1. The number of fused-ring (bicyclic) bond motifs is 1. The molecule has 5 nitrogen and oxygen atoms in total. The number of benzene rings is 1. The third kappa shape index (κ3) is 2.14. The lowest BCUT2D eigenvalue weighted by molar-refractivity contribution is 0.197. The van der Waals surface area contributed by atoms with Crippen molar-refractivity contribution >= 4 is 22.7 Å². The molecule has 1 aromatic carbocycles. The van der Waals surface area contributed by atoms with Gasteiger partial charge in [-0.25, -0.2) is 10.2 Å². The Morgan fingerprint density at radius 2 is 2.13 bits per heavy atom. The van der Waals surface area contributed by atoms with Crippen LogP contribution in [0.2, 0.25) is 0 Å². The van der Waals surface area contributed by atoms with Crippen molar-refractivity contribution in [2.24, 2.45) is 0 Å². The maximum Gasteiger partial charge on any atom is 0.423 e. The molecule has 1 heterocycles. The second kappa shape index (κ2) is 3.83. The molecule has 0 unspecified atom stereocenters. The fraction of sp³-hybridized carbons (Fsp3) is 0. The van der Waals surface area contributed by atoms with E-state index in [9.17, 15) is 4.79 Å². The minimum atomic E-state index is -1.14. The van der Waals surface area contributed by atoms with Crippen LogP contribution in [0.3, 0.4) is 0 Å². The van der Waals surface area contributed by atoms with E-state index in [-0.39, 0.29) is 0 Å². The van der Waals surface area contributed by atoms with Gasteiger partial charge >= 0.3 is 6.09 Å². The molecule has 0 spiro atoms. The van der Waals surface area contributed by atoms with Gasteiger partial charge in [-0.05, 0) is 12.1 Å². The molecule has 0 saturated carbocycles. The van der Waals surface area contributed by atoms with Gasteiger partial charge in [-0.15, -0.1) is 0 Å². The van der Waals surface area contributed by atoms with E-state index < -0.39 is 6.09 Å². The van der Waals surface area contributed by atoms with Gasteiger partial charge in [0.05, 0.1) is 17.4 Å². The van der Waals surface area contributed by atoms with Gasteiger partial charge in [-0.3, -0.25) is 10.4 Å². The van der Waals surface area contributed by atoms with Crippen LogP contribution in [0.4, 0.5) is 10.5 Å². The summed E-state index contributed by atoms with van der Waals surface area (Å²) in [7, 11) is 0. The number of hydrogen-bond acceptors (Lipinski definition) is 3. The fourth-order valence-corrected chi connectivity index (χ4v) is 1.27. The molecule has 1 aromatic heterocycles. The molecule has 0 aliphatic rings. The van der Waals surface area contributed by atoms with Crippen molar-refractivity contribution in [2.75, 3.05) is 5.43 Å². The Bertz CT molecular complexity index is 499. The molecule has 0 atom stereocenters. The Morgan fingerprint density at radius 3 is 2.93 bits per heavy atom. The van der Waals surface area contributed by atoms with Gasteiger partial charge in [0.2, 0.25) is 0 Å². The molecule has 0 saturated heterocycles. The first-order valence-electron chi connectivity index (χ1n) is 4.35. The predicted octanol–water partition coefficient (Wildman–Crippen LogP) is 1.83. The molecular formula is C10H9N3O2. The number of anilines is 1. The Hall–Kier alpha value is -2.30. The van der Waals surface area contributed by atoms with Crippen LogP contribution in [0.5, 0.6) is 0 Å². The summed E-state index contributed by atoms with van der Waals surface area (Å²) in [6.07, 6.45) is 0.432. The minimum Gasteiger partial charge on any atom is -0.464 e. The Labute approximate surface area is 85.7 Å². The van der Waals surface area contributed by atoms with Crippen LogP contribution >= 0.6 is 0 Å². The molecular weight excluding hydrogens is 194 g/mol. The fourth-order valence-electron chi connectivity index (χ4n) is 1.27. The smallest absolute Gasteiger partial charge is 0.423 e. The number of carboxylic acid groups (broad SMARTS) is 1. The third-order valence-electron chi connectivity index (χ3n) is 1.90. The first kappa shape index (κ1) is 9.26. The number of aromatic nitrogens is 1. The number of para-hydroxylation sites is 1. The number of nitrogens with zero attached hydrogens (tertiary/aromatic N) is 1. The van der Waals surface area contributed by atoms with Crippen molar-refractivity contribution in [2.45, 2.75) is 0 Å². The van der Waals surface area contributed by atoms with E-state index in [0.717, 1.165) is 10.9 Å². The summed E-state index contributed by atoms with van der Waals surface area (Å²) in [5.41, 5.74) is 6.06. The van der Waals surface area contributed by atoms with E-state index >= 15 is 0 Å². The average Bonchev–Trinajstić information content (AvgIpc) is 2.26. The molecule has 2 rings (SSSR count). The zero-order chi connectivity index (χ0) is 10.7. The summed E-state index contributed by atoms with van der Waals surface area (Å²) in [5.74, 6) is 0. The van der Waals surface area contributed by atoms with Crippen molar-refractivity contribution in [1.29, 1.82) is 0 Å². The van der Waals surface area contributed by atoms with Gasteiger partial charge in [-0.2, -0.15) is 0 Å². The summed E-state index contributed by atoms with van der Waals surface area (Å²) < 4.78 is 0. The van der Waals surface area contributed by atoms with E-state index in [4.69, 9.17) is 5.11 Å². The van der Waals surface area contributed by atoms with E-state index in [1.807, 2.05) is 30.3 Å². The van der Waals surface area contributed by atoms with Crippen LogP contribution in [-0.4, -0.2) is 16.2 Å². The van der Waals surface area contributed by atoms with Crippen molar-refractivity contribution in [3.8, 4) is 0 Å². The zero-order valence-electron chi connectivity index (χ0n) is 7.77. The van der Waals surface area contributed by atoms with Crippen molar-refractivity contribution in [1.82, 2.24) is 10.4 Å². The highest BCUT2D eigenvalue weighted by Gasteiger charge is 1.97. The molecule has 5 heteroatoms. The number of hydrogen-bond donors (Lipinski definition) is 3. The van der Waals surface area contributed by atoms with Crippen LogP contribution in [0.15, 0.2) is 36.5 Å². The van der Waals surface area contributed by atoms with E-state index in [1.165, 1.54) is 0 Å². The maximum absolute atomic E-state index is 10.2. The molecule has 76 valence electrons. The summed E-state index contributed by atoms with van der Waals surface area (Å²) in [6, 6.07) is 9.42. The highest BCUT2D eigenvalue weighted by atomic mass is 16.4. The van der Waals surface area contributed by atoms with E-state index in [0.29, 0.717) is 5.69 Å². The first-order chi connectivity index (χ1) is 7.25. The van der Waals surface area contributed by atoms with E-state index in [1.54, 1.807) is 6.20 Å². The highest BCUT2D eigenvalue weighted by molar-refractivity contribution is 5.81. The Kier molecular flexibility index (Phi) is 2.37. The second-order valence-corrected chi connectivity index (χ2v) is 2.97. The van der Waals surface area contributed by atoms with Crippen molar-refractivity contribution < 1.29 is 9.90 Å². The van der Waals surface area contributed by atoms with Gasteiger partial charge in [0, 0.05) is 5.39 Å². The molecule has 15 heavy (non-hydrogen) atoms. The molecule has 0 aliphatic carbocycles. The standard InChI is InChI=1S/C10H9N3O2/c14-10(15)13-12-8-5-7-3-1-2-4-9(7)11-6-8/h1-6,12-13H,(H,14,15). The van der Waals surface area contributed by atoms with Gasteiger partial charge in [0.1, 0.15) is 0 Å². The SMILES string of the molecule is O=C(O)NNc1cnc2ccccc2c1. The zero-order valence-corrected chi connectivity index (χ0v) is 7.77. The Morgan fingerprint density at radius 1 is 1.33 bits per heavy atom. The summed E-state index contributed by atoms with van der Waals surface area (Å²) in [6.45, 7) is 0. The van der Waals surface area contributed by atoms with Crippen molar-refractivity contribution in [3.63, 3.8) is 0 Å². The van der Waals surface area contributed by atoms with Gasteiger partial charge < -0.3 is 5.11 Å². The number of amides is 1. The molecule has 1 amide bonds. The number of carbonyl (C=O) groups is 1. The highest BCUT2D eigenvalue weighted by Crippen LogP contribution is 2.14. The normalized spacial score (nSPS) is 9.87. The van der Waals surface area contributed by atoms with E-state index in [2.05, 4.69) is 15.8 Å². The molecule has 0 bridgehead atoms. The minimum absolute atomic E-state index is 0.608. The molecule has 0 radical (unpaired) electrons. The van der Waals surface area contributed by atoms with Crippen LogP contribution in [0, 0.1) is 0 Å². The summed E-state index contributed by atoms with van der Waals surface area (Å²) >= 11 is 0. The van der Waals surface area contributed by atoms with Crippen LogP contribution in [0.25, 0.3) is 10.9 Å². The lowest BCUT2D eigenvalue weighted by Gasteiger charge is -2.05. The van der Waals surface area contributed by atoms with Crippen LogP contribution in [-0.2, 0) is 0 Å². The number of rotatable bonds is 2. The van der Waals surface area contributed by atoms with Crippen LogP contribution in [0.1, 0.15) is 0 Å². The molecule has 2 aromatic rings. The van der Waals surface area contributed by atoms with Gasteiger partial charge in [-0.1, -0.05) is 18.2 Å². The number of hydrazine groups is 1. The molecule has 0 aliphatic heterocycles. The summed E-state index contributed by atoms with van der Waals surface area (Å²) in [5, 5.41) is 9.35. The summed E-state index contributed by atoms with van der Waals surface area (Å²) in [4.78, 5) is 14.4. The monoisotopic (exact) mass is 203 g/mol. The maximum atomic E-state index is 10.2. The quantitative estimate of drug-likeness (QED) is 0.651. The Balaban J connectivity index is 2.26. The topological polar surface area (TPSA) is 74.2 Å². The third-order valence-corrected chi connectivity index (χ3v) is 1.90. The largest absolute Gasteiger partial charge is 0.464 e. The predicted molar refractivity (Wildman–Crippen MR) is 56.5 cm³/mol. The van der Waals surface area contributed by atoms with Crippen molar-refractivity contribution in [3.05, 3.63) is 36.5 Å². The number of nitrogens with one attached hydrogen (secondary N) is 2. The molecule has 3 N–H and O–H groups in total. The van der Waals surface area contributed by atoms with Gasteiger partial charge in [0.15, 0.2) is 0 Å². The second-order valence-electron chi connectivity index (χ2n) is 2.97. The van der Waals surface area contributed by atoms with Crippen LogP contribution < -0.4 is 10.9 Å². The molecule has 0 fully saturated rings.